The van der Waals surface area contributed by atoms with Gasteiger partial charge in [0.2, 0.25) is 11.8 Å². The van der Waals surface area contributed by atoms with Crippen molar-refractivity contribution in [3.05, 3.63) is 52.8 Å². The highest BCUT2D eigenvalue weighted by atomic mass is 32.2. The normalized spacial score (nSPS) is 11.3. The lowest BCUT2D eigenvalue weighted by atomic mass is 10.1. The van der Waals surface area contributed by atoms with E-state index in [1.54, 1.807) is 12.1 Å². The van der Waals surface area contributed by atoms with E-state index in [2.05, 4.69) is 25.4 Å². The van der Waals surface area contributed by atoms with E-state index in [1.165, 1.54) is 28.6 Å². The summed E-state index contributed by atoms with van der Waals surface area (Å²) >= 11 is 1.38. The van der Waals surface area contributed by atoms with Crippen LogP contribution in [-0.4, -0.2) is 36.5 Å². The van der Waals surface area contributed by atoms with Crippen molar-refractivity contribution in [2.45, 2.75) is 31.5 Å². The molecule has 0 fully saturated rings. The van der Waals surface area contributed by atoms with Crippen molar-refractivity contribution in [2.75, 3.05) is 11.6 Å². The van der Waals surface area contributed by atoms with Crippen LogP contribution in [0.3, 0.4) is 0 Å². The number of thioether (sulfide) groups is 1. The Balaban J connectivity index is 1.93. The molecule has 3 rings (SSSR count). The molecule has 0 saturated heterocycles. The number of para-hydroxylation sites is 1. The minimum Gasteiger partial charge on any atom is -0.403 e. The second-order valence-corrected chi connectivity index (χ2v) is 7.44. The van der Waals surface area contributed by atoms with Crippen molar-refractivity contribution in [1.82, 2.24) is 24.7 Å². The molecule has 8 nitrogen and oxygen atoms in total. The summed E-state index contributed by atoms with van der Waals surface area (Å²) in [6, 6.07) is 12.1. The number of hydrogen-bond acceptors (Lipinski definition) is 8. The van der Waals surface area contributed by atoms with E-state index in [9.17, 15) is 4.79 Å². The summed E-state index contributed by atoms with van der Waals surface area (Å²) in [5.74, 6) is 0.617. The number of rotatable bonds is 5. The van der Waals surface area contributed by atoms with E-state index in [0.29, 0.717) is 16.8 Å². The molecule has 0 aliphatic rings. The lowest BCUT2D eigenvalue weighted by Crippen LogP contribution is -2.27. The molecule has 0 saturated carbocycles. The maximum Gasteiger partial charge on any atom is 0.329 e. The molecule has 1 N–H and O–H groups in total. The second kappa shape index (κ2) is 7.75. The Morgan fingerprint density at radius 3 is 2.44 bits per heavy atom. The summed E-state index contributed by atoms with van der Waals surface area (Å²) in [6.07, 6.45) is 1.87. The van der Waals surface area contributed by atoms with Crippen LogP contribution < -0.4 is 15.6 Å². The van der Waals surface area contributed by atoms with Gasteiger partial charge in [-0.2, -0.15) is 19.6 Å². The van der Waals surface area contributed by atoms with Gasteiger partial charge in [0, 0.05) is 17.7 Å². The van der Waals surface area contributed by atoms with Crippen LogP contribution in [0.5, 0.6) is 11.9 Å². The summed E-state index contributed by atoms with van der Waals surface area (Å²) in [5.41, 5.74) is 0.167. The molecule has 0 radical (unpaired) electrons. The standard InChI is InChI=1S/C18H20N6O2S/c1-18(2,3)22-15-19-16(21-17(20-15)27-4)26-13-10-11-14(25)24(23-13)12-8-6-5-7-9-12/h5-11H,1-4H3,(H,19,20,21,22). The Kier molecular flexibility index (Phi) is 5.41. The van der Waals surface area contributed by atoms with Crippen LogP contribution in [0.4, 0.5) is 5.95 Å². The third kappa shape index (κ3) is 5.04. The highest BCUT2D eigenvalue weighted by Crippen LogP contribution is 2.21. The van der Waals surface area contributed by atoms with Crippen LogP contribution >= 0.6 is 11.8 Å². The fourth-order valence-electron chi connectivity index (χ4n) is 2.16. The molecule has 0 aliphatic heterocycles. The molecule has 3 aromatic rings. The molecule has 0 atom stereocenters. The van der Waals surface area contributed by atoms with Crippen LogP contribution in [0.1, 0.15) is 20.8 Å². The fraction of sp³-hybridized carbons (Fsp3) is 0.278. The molecular formula is C18H20N6O2S. The molecule has 0 spiro atoms. The van der Waals surface area contributed by atoms with Crippen LogP contribution in [0, 0.1) is 0 Å². The number of aromatic nitrogens is 5. The number of anilines is 1. The van der Waals surface area contributed by atoms with E-state index >= 15 is 0 Å². The summed E-state index contributed by atoms with van der Waals surface area (Å²) in [5, 5.41) is 7.97. The maximum atomic E-state index is 12.1. The van der Waals surface area contributed by atoms with Gasteiger partial charge in [0.15, 0.2) is 5.16 Å². The first kappa shape index (κ1) is 18.8. The molecule has 9 heteroatoms. The van der Waals surface area contributed by atoms with Crippen molar-refractivity contribution in [2.24, 2.45) is 0 Å². The van der Waals surface area contributed by atoms with Gasteiger partial charge >= 0.3 is 6.01 Å². The van der Waals surface area contributed by atoms with Gasteiger partial charge in [-0.15, -0.1) is 5.10 Å². The Bertz CT molecular complexity index is 985. The van der Waals surface area contributed by atoms with E-state index in [1.807, 2.05) is 45.2 Å². The second-order valence-electron chi connectivity index (χ2n) is 6.66. The number of nitrogens with zero attached hydrogens (tertiary/aromatic N) is 5. The predicted molar refractivity (Wildman–Crippen MR) is 105 cm³/mol. The molecule has 2 heterocycles. The molecule has 27 heavy (non-hydrogen) atoms. The number of benzene rings is 1. The minimum absolute atomic E-state index is 0.104. The minimum atomic E-state index is -0.260. The molecule has 0 bridgehead atoms. The van der Waals surface area contributed by atoms with Gasteiger partial charge in [0.25, 0.3) is 5.56 Å². The van der Waals surface area contributed by atoms with Gasteiger partial charge < -0.3 is 10.1 Å². The first-order valence-electron chi connectivity index (χ1n) is 8.26. The average molecular weight is 384 g/mol. The number of hydrogen-bond donors (Lipinski definition) is 1. The van der Waals surface area contributed by atoms with Gasteiger partial charge in [-0.3, -0.25) is 4.79 Å². The molecule has 0 unspecified atom stereocenters. The molecule has 0 aliphatic carbocycles. The van der Waals surface area contributed by atoms with Crippen molar-refractivity contribution >= 4 is 17.7 Å². The van der Waals surface area contributed by atoms with Gasteiger partial charge in [-0.05, 0) is 39.2 Å². The van der Waals surface area contributed by atoms with Crippen molar-refractivity contribution in [3.8, 4) is 17.6 Å². The highest BCUT2D eigenvalue weighted by molar-refractivity contribution is 7.98. The number of ether oxygens (including phenoxy) is 1. The van der Waals surface area contributed by atoms with Crippen LogP contribution in [-0.2, 0) is 0 Å². The highest BCUT2D eigenvalue weighted by Gasteiger charge is 2.15. The molecular weight excluding hydrogens is 364 g/mol. The zero-order chi connectivity index (χ0) is 19.4. The lowest BCUT2D eigenvalue weighted by Gasteiger charge is -2.20. The molecule has 0 amide bonds. The lowest BCUT2D eigenvalue weighted by molar-refractivity contribution is 0.405. The Labute approximate surface area is 161 Å². The van der Waals surface area contributed by atoms with Gasteiger partial charge in [-0.25, -0.2) is 0 Å². The van der Waals surface area contributed by atoms with E-state index in [0.717, 1.165) is 0 Å². The Hall–Kier alpha value is -2.94. The Morgan fingerprint density at radius 2 is 1.78 bits per heavy atom. The van der Waals surface area contributed by atoms with E-state index < -0.39 is 0 Å². The fourth-order valence-corrected chi connectivity index (χ4v) is 2.51. The monoisotopic (exact) mass is 384 g/mol. The van der Waals surface area contributed by atoms with Crippen LogP contribution in [0.15, 0.2) is 52.4 Å². The predicted octanol–water partition coefficient (Wildman–Crippen LogP) is 3.14. The third-order valence-electron chi connectivity index (χ3n) is 3.24. The van der Waals surface area contributed by atoms with Crippen molar-refractivity contribution < 1.29 is 4.74 Å². The van der Waals surface area contributed by atoms with Crippen molar-refractivity contribution in [3.63, 3.8) is 0 Å². The van der Waals surface area contributed by atoms with Gasteiger partial charge in [-0.1, -0.05) is 30.0 Å². The van der Waals surface area contributed by atoms with E-state index in [4.69, 9.17) is 4.74 Å². The first-order chi connectivity index (χ1) is 12.8. The van der Waals surface area contributed by atoms with Crippen molar-refractivity contribution in [1.29, 1.82) is 0 Å². The van der Waals surface area contributed by atoms with Crippen LogP contribution in [0.2, 0.25) is 0 Å². The van der Waals surface area contributed by atoms with E-state index in [-0.39, 0.29) is 23.0 Å². The van der Waals surface area contributed by atoms with Gasteiger partial charge in [0.05, 0.1) is 5.69 Å². The molecule has 2 aromatic heterocycles. The zero-order valence-corrected chi connectivity index (χ0v) is 16.3. The summed E-state index contributed by atoms with van der Waals surface area (Å²) < 4.78 is 6.97. The summed E-state index contributed by atoms with van der Waals surface area (Å²) in [6.45, 7) is 6.02. The maximum absolute atomic E-state index is 12.1. The third-order valence-corrected chi connectivity index (χ3v) is 3.78. The molecule has 140 valence electrons. The number of nitrogens with one attached hydrogen (secondary N) is 1. The van der Waals surface area contributed by atoms with Gasteiger partial charge in [0.1, 0.15) is 0 Å². The molecule has 1 aromatic carbocycles. The summed E-state index contributed by atoms with van der Waals surface area (Å²) in [7, 11) is 0. The first-order valence-corrected chi connectivity index (χ1v) is 9.48. The Morgan fingerprint density at radius 1 is 1.04 bits per heavy atom. The SMILES string of the molecule is CSc1nc(NC(C)(C)C)nc(Oc2ccc(=O)n(-c3ccccc3)n2)n1. The smallest absolute Gasteiger partial charge is 0.329 e. The zero-order valence-electron chi connectivity index (χ0n) is 15.5. The topological polar surface area (TPSA) is 94.8 Å². The van der Waals surface area contributed by atoms with Crippen LogP contribution in [0.25, 0.3) is 5.69 Å². The quantitative estimate of drug-likeness (QED) is 0.671. The summed E-state index contributed by atoms with van der Waals surface area (Å²) in [4.78, 5) is 25.0. The largest absolute Gasteiger partial charge is 0.403 e. The average Bonchev–Trinajstić information content (AvgIpc) is 2.62.